The smallest absolute Gasteiger partial charge is 0.122 e. The van der Waals surface area contributed by atoms with Gasteiger partial charge in [0, 0.05) is 11.6 Å². The van der Waals surface area contributed by atoms with Crippen LogP contribution in [-0.4, -0.2) is 18.8 Å². The van der Waals surface area contributed by atoms with Crippen molar-refractivity contribution in [3.05, 3.63) is 28.8 Å². The van der Waals surface area contributed by atoms with Gasteiger partial charge in [0.2, 0.25) is 0 Å². The molecule has 0 N–H and O–H groups in total. The fourth-order valence-corrected chi connectivity index (χ4v) is 2.85. The lowest BCUT2D eigenvalue weighted by Gasteiger charge is -2.25. The first-order chi connectivity index (χ1) is 10.3. The first-order valence-electron chi connectivity index (χ1n) is 8.37. The van der Waals surface area contributed by atoms with Crippen molar-refractivity contribution in [2.75, 3.05) is 13.2 Å². The summed E-state index contributed by atoms with van der Waals surface area (Å²) in [5.41, 5.74) is 1.10. The normalized spacial score (nSPS) is 13.2. The molecule has 0 saturated heterocycles. The van der Waals surface area contributed by atoms with E-state index < -0.39 is 0 Å². The van der Waals surface area contributed by atoms with Gasteiger partial charge in [-0.05, 0) is 70.2 Å². The zero-order valence-electron chi connectivity index (χ0n) is 14.7. The molecule has 2 nitrogen and oxygen atoms in total. The minimum absolute atomic E-state index is 0.00535. The Morgan fingerprint density at radius 3 is 2.59 bits per heavy atom. The summed E-state index contributed by atoms with van der Waals surface area (Å²) in [6, 6.07) is 5.77. The molecule has 126 valence electrons. The Morgan fingerprint density at radius 1 is 1.23 bits per heavy atom. The van der Waals surface area contributed by atoms with Crippen molar-refractivity contribution in [2.45, 2.75) is 65.9 Å². The number of aryl methyl sites for hydroxylation is 1. The fourth-order valence-electron chi connectivity index (χ4n) is 2.63. The van der Waals surface area contributed by atoms with Crippen molar-refractivity contribution in [1.29, 1.82) is 0 Å². The molecule has 0 amide bonds. The second kappa shape index (κ2) is 9.42. The molecular weight excluding hydrogens is 296 g/mol. The van der Waals surface area contributed by atoms with Crippen LogP contribution in [-0.2, 0) is 4.74 Å². The van der Waals surface area contributed by atoms with Gasteiger partial charge in [-0.3, -0.25) is 0 Å². The highest BCUT2D eigenvalue weighted by Crippen LogP contribution is 2.24. The molecule has 0 spiro atoms. The number of ether oxygens (including phenoxy) is 2. The van der Waals surface area contributed by atoms with Gasteiger partial charge in [0.15, 0.2) is 0 Å². The van der Waals surface area contributed by atoms with Gasteiger partial charge in [0.1, 0.15) is 5.75 Å². The zero-order chi connectivity index (χ0) is 16.6. The molecule has 0 bridgehead atoms. The first-order valence-corrected chi connectivity index (χ1v) is 8.75. The maximum Gasteiger partial charge on any atom is 0.122 e. The number of hydrogen-bond donors (Lipinski definition) is 0. The van der Waals surface area contributed by atoms with Gasteiger partial charge >= 0.3 is 0 Å². The largest absolute Gasteiger partial charge is 0.493 e. The van der Waals surface area contributed by atoms with Gasteiger partial charge in [-0.25, -0.2) is 0 Å². The number of hydrogen-bond acceptors (Lipinski definition) is 2. The maximum absolute atomic E-state index is 5.95. The number of benzene rings is 1. The summed E-state index contributed by atoms with van der Waals surface area (Å²) >= 11 is 5.95. The van der Waals surface area contributed by atoms with Crippen LogP contribution >= 0.6 is 11.6 Å². The first kappa shape index (κ1) is 19.3. The Balaban J connectivity index is 2.22. The van der Waals surface area contributed by atoms with Gasteiger partial charge < -0.3 is 9.47 Å². The van der Waals surface area contributed by atoms with E-state index in [-0.39, 0.29) is 5.60 Å². The molecule has 1 aromatic rings. The minimum atomic E-state index is 0.00535. The van der Waals surface area contributed by atoms with Crippen molar-refractivity contribution in [1.82, 2.24) is 0 Å². The standard InChI is InChI=1S/C19H31ClO2/c1-6-22-19(4,5)12-7-8-15(2)11-13-21-18-10-9-17(20)14-16(18)3/h9-10,14-15H,6-8,11-13H2,1-5H3. The summed E-state index contributed by atoms with van der Waals surface area (Å²) < 4.78 is 11.6. The average molecular weight is 327 g/mol. The molecule has 0 aliphatic heterocycles. The molecule has 1 aromatic carbocycles. The third-order valence-electron chi connectivity index (χ3n) is 4.02. The van der Waals surface area contributed by atoms with E-state index in [0.717, 1.165) is 42.4 Å². The topological polar surface area (TPSA) is 18.5 Å². The lowest BCUT2D eigenvalue weighted by molar-refractivity contribution is -0.0183. The van der Waals surface area contributed by atoms with E-state index in [1.165, 1.54) is 12.8 Å². The van der Waals surface area contributed by atoms with Crippen LogP contribution in [0.1, 0.15) is 58.9 Å². The van der Waals surface area contributed by atoms with Crippen LogP contribution in [0.5, 0.6) is 5.75 Å². The lowest BCUT2D eigenvalue weighted by atomic mass is 9.95. The summed E-state index contributed by atoms with van der Waals surface area (Å²) in [6.07, 6.45) is 4.62. The highest BCUT2D eigenvalue weighted by Gasteiger charge is 2.17. The zero-order valence-corrected chi connectivity index (χ0v) is 15.5. The molecule has 0 aromatic heterocycles. The fraction of sp³-hybridized carbons (Fsp3) is 0.684. The van der Waals surface area contributed by atoms with E-state index in [9.17, 15) is 0 Å². The molecule has 3 heteroatoms. The molecular formula is C19H31ClO2. The van der Waals surface area contributed by atoms with Crippen LogP contribution in [0, 0.1) is 12.8 Å². The summed E-state index contributed by atoms with van der Waals surface area (Å²) in [5, 5.41) is 0.759. The monoisotopic (exact) mass is 326 g/mol. The Hall–Kier alpha value is -0.730. The van der Waals surface area contributed by atoms with Gasteiger partial charge in [0.25, 0.3) is 0 Å². The summed E-state index contributed by atoms with van der Waals surface area (Å²) in [5.74, 6) is 1.61. The second-order valence-electron chi connectivity index (χ2n) is 6.74. The SMILES string of the molecule is CCOC(C)(C)CCCC(C)CCOc1ccc(Cl)cc1C. The van der Waals surface area contributed by atoms with Crippen molar-refractivity contribution >= 4 is 11.6 Å². The van der Waals surface area contributed by atoms with Crippen LogP contribution in [0.4, 0.5) is 0 Å². The van der Waals surface area contributed by atoms with Crippen molar-refractivity contribution in [3.8, 4) is 5.75 Å². The van der Waals surface area contributed by atoms with Crippen LogP contribution in [0.25, 0.3) is 0 Å². The minimum Gasteiger partial charge on any atom is -0.493 e. The van der Waals surface area contributed by atoms with Gasteiger partial charge in [0.05, 0.1) is 12.2 Å². The number of rotatable bonds is 10. The molecule has 1 rings (SSSR count). The Bertz CT molecular complexity index is 443. The van der Waals surface area contributed by atoms with Crippen LogP contribution in [0.2, 0.25) is 5.02 Å². The second-order valence-corrected chi connectivity index (χ2v) is 7.17. The van der Waals surface area contributed by atoms with Crippen molar-refractivity contribution < 1.29 is 9.47 Å². The quantitative estimate of drug-likeness (QED) is 0.522. The highest BCUT2D eigenvalue weighted by molar-refractivity contribution is 6.30. The predicted molar refractivity (Wildman–Crippen MR) is 95.0 cm³/mol. The van der Waals surface area contributed by atoms with E-state index in [1.807, 2.05) is 25.1 Å². The van der Waals surface area contributed by atoms with E-state index in [4.69, 9.17) is 21.1 Å². The Labute approximate surface area is 141 Å². The lowest BCUT2D eigenvalue weighted by Crippen LogP contribution is -2.24. The predicted octanol–water partition coefficient (Wildman–Crippen LogP) is 6.04. The molecule has 0 radical (unpaired) electrons. The maximum atomic E-state index is 5.95. The highest BCUT2D eigenvalue weighted by atomic mass is 35.5. The molecule has 22 heavy (non-hydrogen) atoms. The Morgan fingerprint density at radius 2 is 1.95 bits per heavy atom. The van der Waals surface area contributed by atoms with E-state index >= 15 is 0 Å². The molecule has 0 saturated carbocycles. The Kier molecular flexibility index (Phi) is 8.27. The summed E-state index contributed by atoms with van der Waals surface area (Å²) in [4.78, 5) is 0. The number of halogens is 1. The van der Waals surface area contributed by atoms with Crippen molar-refractivity contribution in [2.24, 2.45) is 5.92 Å². The van der Waals surface area contributed by atoms with Crippen LogP contribution in [0.3, 0.4) is 0 Å². The third kappa shape index (κ3) is 7.51. The molecule has 0 fully saturated rings. The average Bonchev–Trinajstić information content (AvgIpc) is 2.41. The van der Waals surface area contributed by atoms with E-state index in [0.29, 0.717) is 5.92 Å². The van der Waals surface area contributed by atoms with Crippen LogP contribution in [0.15, 0.2) is 18.2 Å². The van der Waals surface area contributed by atoms with E-state index in [1.54, 1.807) is 0 Å². The molecule has 1 atom stereocenters. The third-order valence-corrected chi connectivity index (χ3v) is 4.25. The summed E-state index contributed by atoms with van der Waals surface area (Å²) in [7, 11) is 0. The van der Waals surface area contributed by atoms with Crippen molar-refractivity contribution in [3.63, 3.8) is 0 Å². The van der Waals surface area contributed by atoms with Crippen LogP contribution < -0.4 is 4.74 Å². The molecule has 0 aliphatic carbocycles. The van der Waals surface area contributed by atoms with Gasteiger partial charge in [-0.2, -0.15) is 0 Å². The summed E-state index contributed by atoms with van der Waals surface area (Å²) in [6.45, 7) is 12.3. The van der Waals surface area contributed by atoms with Gasteiger partial charge in [-0.1, -0.05) is 31.4 Å². The molecule has 0 aliphatic rings. The van der Waals surface area contributed by atoms with E-state index in [2.05, 4.69) is 27.7 Å². The molecule has 1 unspecified atom stereocenters. The molecule has 0 heterocycles. The van der Waals surface area contributed by atoms with Gasteiger partial charge in [-0.15, -0.1) is 0 Å².